The van der Waals surface area contributed by atoms with Crippen molar-refractivity contribution in [3.8, 4) is 11.5 Å². The molecular weight excluding hydrogens is 366 g/mol. The molecule has 1 aliphatic rings. The largest absolute Gasteiger partial charge is 0.486 e. The molecule has 0 radical (unpaired) electrons. The maximum absolute atomic E-state index is 12.0. The molecule has 0 saturated heterocycles. The van der Waals surface area contributed by atoms with Crippen LogP contribution in [0.15, 0.2) is 18.2 Å². The number of nitrogens with one attached hydrogen (secondary N) is 2. The molecule has 1 aliphatic heterocycles. The Labute approximate surface area is 163 Å². The number of carbonyl (C=O) groups excluding carboxylic acids is 3. The van der Waals surface area contributed by atoms with Gasteiger partial charge in [-0.2, -0.15) is 0 Å². The van der Waals surface area contributed by atoms with Crippen LogP contribution in [0.5, 0.6) is 11.5 Å². The van der Waals surface area contributed by atoms with Crippen LogP contribution in [0.3, 0.4) is 0 Å². The number of benzene rings is 1. The van der Waals surface area contributed by atoms with Crippen molar-refractivity contribution in [1.29, 1.82) is 0 Å². The molecule has 0 bridgehead atoms. The molecule has 0 unspecified atom stereocenters. The van der Waals surface area contributed by atoms with Gasteiger partial charge in [-0.05, 0) is 37.5 Å². The molecule has 0 aromatic heterocycles. The molecule has 0 aliphatic carbocycles. The number of ether oxygens (including phenoxy) is 3. The lowest BCUT2D eigenvalue weighted by atomic mass is 10.1. The van der Waals surface area contributed by atoms with Crippen LogP contribution in [0.25, 0.3) is 0 Å². The van der Waals surface area contributed by atoms with Gasteiger partial charge in [-0.3, -0.25) is 9.59 Å². The van der Waals surface area contributed by atoms with Crippen molar-refractivity contribution in [3.63, 3.8) is 0 Å². The fourth-order valence-electron chi connectivity index (χ4n) is 2.70. The molecule has 4 N–H and O–H groups in total. The van der Waals surface area contributed by atoms with Gasteiger partial charge in [0.15, 0.2) is 18.1 Å². The van der Waals surface area contributed by atoms with Crippen LogP contribution in [0.4, 0.5) is 4.79 Å². The number of rotatable bonds is 10. The Bertz CT molecular complexity index is 694. The molecule has 154 valence electrons. The Morgan fingerprint density at radius 3 is 2.64 bits per heavy atom. The van der Waals surface area contributed by atoms with Crippen molar-refractivity contribution in [1.82, 2.24) is 10.6 Å². The molecule has 1 heterocycles. The molecule has 1 aromatic carbocycles. The quantitative estimate of drug-likeness (QED) is 0.407. The number of amides is 3. The third-order valence-electron chi connectivity index (χ3n) is 4.16. The molecule has 28 heavy (non-hydrogen) atoms. The first kappa shape index (κ1) is 21.3. The average Bonchev–Trinajstić information content (AvgIpc) is 2.68. The molecule has 0 spiro atoms. The highest BCUT2D eigenvalue weighted by Crippen LogP contribution is 2.32. The molecule has 3 amide bonds. The molecule has 0 saturated carbocycles. The van der Waals surface area contributed by atoms with Gasteiger partial charge in [0, 0.05) is 13.0 Å². The highest BCUT2D eigenvalue weighted by molar-refractivity contribution is 5.80. The lowest BCUT2D eigenvalue weighted by Crippen LogP contribution is -2.31. The van der Waals surface area contributed by atoms with Gasteiger partial charge in [-0.25, -0.2) is 4.79 Å². The van der Waals surface area contributed by atoms with E-state index in [0.717, 1.165) is 18.4 Å². The first-order valence-electron chi connectivity index (χ1n) is 9.33. The first-order valence-corrected chi connectivity index (χ1v) is 9.33. The van der Waals surface area contributed by atoms with Crippen molar-refractivity contribution in [2.45, 2.75) is 38.6 Å². The summed E-state index contributed by atoms with van der Waals surface area (Å²) in [4.78, 5) is 34.2. The fraction of sp³-hybridized carbons (Fsp3) is 0.526. The smallest absolute Gasteiger partial charge is 0.312 e. The second-order valence-electron chi connectivity index (χ2n) is 6.45. The van der Waals surface area contributed by atoms with Gasteiger partial charge >= 0.3 is 12.0 Å². The summed E-state index contributed by atoms with van der Waals surface area (Å²) in [6.45, 7) is 3.01. The van der Waals surface area contributed by atoms with Gasteiger partial charge < -0.3 is 30.6 Å². The van der Waals surface area contributed by atoms with E-state index in [9.17, 15) is 14.4 Å². The number of unbranched alkanes of at least 4 members (excludes halogenated alkanes) is 2. The van der Waals surface area contributed by atoms with Crippen molar-refractivity contribution in [2.24, 2.45) is 5.73 Å². The molecule has 2 rings (SSSR count). The van der Waals surface area contributed by atoms with E-state index in [-0.39, 0.29) is 25.0 Å². The number of primary amides is 1. The summed E-state index contributed by atoms with van der Waals surface area (Å²) in [5, 5.41) is 5.27. The van der Waals surface area contributed by atoms with Crippen LogP contribution in [0.2, 0.25) is 0 Å². The first-order chi connectivity index (χ1) is 13.5. The minimum absolute atomic E-state index is 0.224. The SMILES string of the molecule is C[C@@H](NC(=O)COC(=O)CCCCCNC(N)=O)c1ccc2c(c1)OCCO2. The predicted octanol–water partition coefficient (Wildman–Crippen LogP) is 1.41. The number of hydrogen-bond acceptors (Lipinski definition) is 6. The number of esters is 1. The lowest BCUT2D eigenvalue weighted by Gasteiger charge is -2.21. The third kappa shape index (κ3) is 7.34. The van der Waals surface area contributed by atoms with Crippen LogP contribution in [0.1, 0.15) is 44.2 Å². The zero-order valence-electron chi connectivity index (χ0n) is 16.0. The maximum atomic E-state index is 12.0. The predicted molar refractivity (Wildman–Crippen MR) is 101 cm³/mol. The summed E-state index contributed by atoms with van der Waals surface area (Å²) < 4.78 is 16.0. The Morgan fingerprint density at radius 1 is 1.14 bits per heavy atom. The van der Waals surface area contributed by atoms with Crippen LogP contribution in [0, 0.1) is 0 Å². The van der Waals surface area contributed by atoms with Gasteiger partial charge in [0.1, 0.15) is 13.2 Å². The van der Waals surface area contributed by atoms with Gasteiger partial charge in [-0.15, -0.1) is 0 Å². The van der Waals surface area contributed by atoms with E-state index < -0.39 is 12.0 Å². The van der Waals surface area contributed by atoms with Gasteiger partial charge in [0.2, 0.25) is 0 Å². The summed E-state index contributed by atoms with van der Waals surface area (Å²) in [6, 6.07) is 4.68. The van der Waals surface area contributed by atoms with Crippen molar-refractivity contribution < 1.29 is 28.6 Å². The number of urea groups is 1. The van der Waals surface area contributed by atoms with E-state index in [0.29, 0.717) is 37.7 Å². The van der Waals surface area contributed by atoms with Crippen LogP contribution in [-0.2, 0) is 14.3 Å². The van der Waals surface area contributed by atoms with Crippen LogP contribution < -0.4 is 25.8 Å². The Hall–Kier alpha value is -2.97. The van der Waals surface area contributed by atoms with Crippen LogP contribution in [-0.4, -0.2) is 44.3 Å². The molecule has 9 heteroatoms. The lowest BCUT2D eigenvalue weighted by molar-refractivity contribution is -0.148. The maximum Gasteiger partial charge on any atom is 0.312 e. The standard InChI is InChI=1S/C19H27N3O6/c1-13(14-6-7-15-16(11-14)27-10-9-26-15)22-17(23)12-28-18(24)5-3-2-4-8-21-19(20)25/h6-7,11,13H,2-5,8-10,12H2,1H3,(H,22,23)(H3,20,21,25)/t13-/m1/s1. The van der Waals surface area contributed by atoms with Crippen LogP contribution >= 0.6 is 0 Å². The summed E-state index contributed by atoms with van der Waals surface area (Å²) in [5.74, 6) is 0.543. The fourth-order valence-corrected chi connectivity index (χ4v) is 2.70. The monoisotopic (exact) mass is 393 g/mol. The Balaban J connectivity index is 1.63. The van der Waals surface area contributed by atoms with E-state index in [2.05, 4.69) is 10.6 Å². The van der Waals surface area contributed by atoms with Crippen molar-refractivity contribution in [2.75, 3.05) is 26.4 Å². The number of hydrogen-bond donors (Lipinski definition) is 3. The van der Waals surface area contributed by atoms with Gasteiger partial charge in [0.05, 0.1) is 6.04 Å². The summed E-state index contributed by atoms with van der Waals surface area (Å²) >= 11 is 0. The molecule has 0 fully saturated rings. The number of fused-ring (bicyclic) bond motifs is 1. The zero-order chi connectivity index (χ0) is 20.4. The van der Waals surface area contributed by atoms with Crippen molar-refractivity contribution >= 4 is 17.9 Å². The topological polar surface area (TPSA) is 129 Å². The minimum Gasteiger partial charge on any atom is -0.486 e. The highest BCUT2D eigenvalue weighted by atomic mass is 16.6. The summed E-state index contributed by atoms with van der Waals surface area (Å²) in [5.41, 5.74) is 5.82. The molecule has 1 aromatic rings. The number of nitrogens with two attached hydrogens (primary N) is 1. The van der Waals surface area contributed by atoms with E-state index in [1.807, 2.05) is 25.1 Å². The van der Waals surface area contributed by atoms with E-state index in [1.54, 1.807) is 0 Å². The Morgan fingerprint density at radius 2 is 1.89 bits per heavy atom. The zero-order valence-corrected chi connectivity index (χ0v) is 16.0. The normalized spacial score (nSPS) is 13.3. The van der Waals surface area contributed by atoms with E-state index in [1.165, 1.54) is 0 Å². The van der Waals surface area contributed by atoms with E-state index in [4.69, 9.17) is 19.9 Å². The van der Waals surface area contributed by atoms with Gasteiger partial charge in [-0.1, -0.05) is 12.5 Å². The number of carbonyl (C=O) groups is 3. The highest BCUT2D eigenvalue weighted by Gasteiger charge is 2.16. The second-order valence-corrected chi connectivity index (χ2v) is 6.45. The molecule has 1 atom stereocenters. The van der Waals surface area contributed by atoms with Gasteiger partial charge in [0.25, 0.3) is 5.91 Å². The average molecular weight is 393 g/mol. The third-order valence-corrected chi connectivity index (χ3v) is 4.16. The second kappa shape index (κ2) is 11.0. The Kier molecular flexibility index (Phi) is 8.38. The summed E-state index contributed by atoms with van der Waals surface area (Å²) in [7, 11) is 0. The van der Waals surface area contributed by atoms with Crippen molar-refractivity contribution in [3.05, 3.63) is 23.8 Å². The van der Waals surface area contributed by atoms with E-state index >= 15 is 0 Å². The molecular formula is C19H27N3O6. The minimum atomic E-state index is -0.559. The summed E-state index contributed by atoms with van der Waals surface area (Å²) in [6.07, 6.45) is 2.32. The molecule has 9 nitrogen and oxygen atoms in total.